The van der Waals surface area contributed by atoms with Crippen LogP contribution in [-0.4, -0.2) is 35.7 Å². The molecular weight excluding hydrogens is 156 g/mol. The maximum atomic E-state index is 3.42. The molecule has 0 aromatic rings. The Balaban J connectivity index is 4.03. The Bertz CT molecular complexity index is 104. The largest absolute Gasteiger partial charge is 0.339 e. The van der Waals surface area contributed by atoms with Gasteiger partial charge in [0.05, 0.1) is 8.96 Å². The second-order valence-corrected chi connectivity index (χ2v) is 11.3. The number of hydrogen-bond donors (Lipinski definition) is 1. The predicted octanol–water partition coefficient (Wildman–Crippen LogP) is 0.823. The minimum Gasteiger partial charge on any atom is -0.339 e. The zero-order chi connectivity index (χ0) is 8.36. The van der Waals surface area contributed by atoms with E-state index in [9.17, 15) is 0 Å². The summed E-state index contributed by atoms with van der Waals surface area (Å²) in [6.45, 7) is 9.43. The molecule has 0 amide bonds. The van der Waals surface area contributed by atoms with Gasteiger partial charge in [-0.15, -0.1) is 0 Å². The van der Waals surface area contributed by atoms with Crippen molar-refractivity contribution in [3.8, 4) is 0 Å². The van der Waals surface area contributed by atoms with E-state index in [0.717, 1.165) is 0 Å². The predicted molar refractivity (Wildman–Crippen MR) is 53.2 cm³/mol. The molecule has 4 heteroatoms. The Hall–Kier alpha value is 0.354. The SMILES string of the molecule is CN[Si](C)(C)N(C)[SiH](C)C. The zero-order valence-corrected chi connectivity index (χ0v) is 10.2. The number of nitrogens with one attached hydrogen (secondary N) is 1. The molecular formula is C6H20N2Si2. The van der Waals surface area contributed by atoms with Gasteiger partial charge in [-0.3, -0.25) is 0 Å². The van der Waals surface area contributed by atoms with E-state index in [1.54, 1.807) is 0 Å². The van der Waals surface area contributed by atoms with Crippen LogP contribution in [0.4, 0.5) is 0 Å². The average molecular weight is 176 g/mol. The Kier molecular flexibility index (Phi) is 3.79. The van der Waals surface area contributed by atoms with Gasteiger partial charge in [-0.05, 0) is 27.2 Å². The summed E-state index contributed by atoms with van der Waals surface area (Å²) in [5.74, 6) is 0. The van der Waals surface area contributed by atoms with Crippen LogP contribution in [0.5, 0.6) is 0 Å². The summed E-state index contributed by atoms with van der Waals surface area (Å²) >= 11 is 0. The summed E-state index contributed by atoms with van der Waals surface area (Å²) in [6.07, 6.45) is 0. The summed E-state index contributed by atoms with van der Waals surface area (Å²) in [4.78, 5) is 3.42. The van der Waals surface area contributed by atoms with Crippen molar-refractivity contribution in [3.63, 3.8) is 0 Å². The fraction of sp³-hybridized carbons (Fsp3) is 1.00. The lowest BCUT2D eigenvalue weighted by molar-refractivity contribution is 0.747. The van der Waals surface area contributed by atoms with Gasteiger partial charge in [-0.1, -0.05) is 13.1 Å². The van der Waals surface area contributed by atoms with E-state index in [-0.39, 0.29) is 0 Å². The Morgan fingerprint density at radius 2 is 1.70 bits per heavy atom. The van der Waals surface area contributed by atoms with Crippen LogP contribution in [-0.2, 0) is 0 Å². The summed E-state index contributed by atoms with van der Waals surface area (Å²) in [5, 5.41) is 0. The van der Waals surface area contributed by atoms with E-state index < -0.39 is 17.4 Å². The summed E-state index contributed by atoms with van der Waals surface area (Å²) in [6, 6.07) is 0. The van der Waals surface area contributed by atoms with Crippen molar-refractivity contribution >= 4 is 17.4 Å². The molecule has 0 rings (SSSR count). The topological polar surface area (TPSA) is 15.3 Å². The first kappa shape index (κ1) is 10.4. The fourth-order valence-corrected chi connectivity index (χ4v) is 6.73. The van der Waals surface area contributed by atoms with E-state index in [1.807, 2.05) is 0 Å². The van der Waals surface area contributed by atoms with Crippen molar-refractivity contribution in [3.05, 3.63) is 0 Å². The molecule has 0 aliphatic carbocycles. The van der Waals surface area contributed by atoms with Crippen molar-refractivity contribution < 1.29 is 0 Å². The Morgan fingerprint density at radius 1 is 1.30 bits per heavy atom. The Morgan fingerprint density at radius 3 is 1.80 bits per heavy atom. The highest BCUT2D eigenvalue weighted by Gasteiger charge is 2.26. The van der Waals surface area contributed by atoms with Crippen LogP contribution in [0.15, 0.2) is 0 Å². The van der Waals surface area contributed by atoms with Gasteiger partial charge in [0.2, 0.25) is 0 Å². The minimum atomic E-state index is -1.20. The van der Waals surface area contributed by atoms with Crippen LogP contribution < -0.4 is 4.98 Å². The molecule has 0 saturated heterocycles. The summed E-state index contributed by atoms with van der Waals surface area (Å²) in [7, 11) is 2.55. The van der Waals surface area contributed by atoms with Gasteiger partial charge in [-0.25, -0.2) is 0 Å². The van der Waals surface area contributed by atoms with Crippen LogP contribution in [0.3, 0.4) is 0 Å². The third-order valence-corrected chi connectivity index (χ3v) is 10.3. The molecule has 0 radical (unpaired) electrons. The molecule has 10 heavy (non-hydrogen) atoms. The molecule has 0 heterocycles. The van der Waals surface area contributed by atoms with Crippen LogP contribution in [0.25, 0.3) is 0 Å². The summed E-state index contributed by atoms with van der Waals surface area (Å²) < 4.78 is 2.58. The Labute approximate surface area is 67.5 Å². The van der Waals surface area contributed by atoms with Gasteiger partial charge in [0, 0.05) is 0 Å². The van der Waals surface area contributed by atoms with Gasteiger partial charge in [0.25, 0.3) is 0 Å². The lowest BCUT2D eigenvalue weighted by atomic mass is 11.6. The van der Waals surface area contributed by atoms with E-state index in [0.29, 0.717) is 0 Å². The molecule has 0 aliphatic rings. The van der Waals surface area contributed by atoms with Crippen LogP contribution in [0, 0.1) is 0 Å². The van der Waals surface area contributed by atoms with Crippen molar-refractivity contribution in [2.75, 3.05) is 14.1 Å². The molecule has 62 valence electrons. The van der Waals surface area contributed by atoms with Crippen molar-refractivity contribution in [1.82, 2.24) is 9.21 Å². The molecule has 0 bridgehead atoms. The highest BCUT2D eigenvalue weighted by atomic mass is 28.4. The molecule has 2 nitrogen and oxygen atoms in total. The zero-order valence-electron chi connectivity index (χ0n) is 8.02. The fourth-order valence-electron chi connectivity index (χ4n) is 0.822. The molecule has 0 unspecified atom stereocenters. The third-order valence-electron chi connectivity index (χ3n) is 2.27. The second kappa shape index (κ2) is 3.66. The molecule has 0 aromatic carbocycles. The van der Waals surface area contributed by atoms with Crippen LogP contribution in [0.2, 0.25) is 26.2 Å². The minimum absolute atomic E-state index is 0.575. The van der Waals surface area contributed by atoms with E-state index in [1.165, 1.54) is 0 Å². The van der Waals surface area contributed by atoms with Crippen molar-refractivity contribution in [2.45, 2.75) is 26.2 Å². The second-order valence-electron chi connectivity index (χ2n) is 3.51. The number of hydrogen-bond acceptors (Lipinski definition) is 2. The molecule has 0 atom stereocenters. The first-order valence-electron chi connectivity index (χ1n) is 3.83. The first-order chi connectivity index (χ1) is 4.41. The lowest BCUT2D eigenvalue weighted by Crippen LogP contribution is -2.60. The van der Waals surface area contributed by atoms with Crippen molar-refractivity contribution in [2.24, 2.45) is 0 Å². The van der Waals surface area contributed by atoms with E-state index in [4.69, 9.17) is 0 Å². The van der Waals surface area contributed by atoms with Gasteiger partial charge in [0.15, 0.2) is 8.40 Å². The van der Waals surface area contributed by atoms with Gasteiger partial charge in [-0.2, -0.15) is 0 Å². The third kappa shape index (κ3) is 2.53. The molecule has 0 saturated carbocycles. The summed E-state index contributed by atoms with van der Waals surface area (Å²) in [5.41, 5.74) is 0. The molecule has 0 aliphatic heterocycles. The van der Waals surface area contributed by atoms with Gasteiger partial charge >= 0.3 is 0 Å². The smallest absolute Gasteiger partial charge is 0.190 e. The molecule has 1 N–H and O–H groups in total. The highest BCUT2D eigenvalue weighted by molar-refractivity contribution is 6.81. The van der Waals surface area contributed by atoms with E-state index in [2.05, 4.69) is 49.5 Å². The standard InChI is InChI=1S/C6H20N2Si2/c1-7-10(5,6)8(2)9(3)4/h7,9H,1-6H3. The maximum Gasteiger partial charge on any atom is 0.190 e. The average Bonchev–Trinajstić information content (AvgIpc) is 1.86. The molecule has 0 spiro atoms. The van der Waals surface area contributed by atoms with Crippen LogP contribution >= 0.6 is 0 Å². The molecule has 0 aromatic heterocycles. The normalized spacial score (nSPS) is 13.2. The van der Waals surface area contributed by atoms with Gasteiger partial charge < -0.3 is 9.21 Å². The van der Waals surface area contributed by atoms with Crippen molar-refractivity contribution in [1.29, 1.82) is 0 Å². The van der Waals surface area contributed by atoms with Gasteiger partial charge in [0.1, 0.15) is 0 Å². The first-order valence-corrected chi connectivity index (χ1v) is 9.61. The molecule has 0 fully saturated rings. The number of nitrogens with zero attached hydrogens (tertiary/aromatic N) is 1. The maximum absolute atomic E-state index is 3.42. The monoisotopic (exact) mass is 176 g/mol. The lowest BCUT2D eigenvalue weighted by Gasteiger charge is -2.35. The quantitative estimate of drug-likeness (QED) is 0.641. The highest BCUT2D eigenvalue weighted by Crippen LogP contribution is 2.04. The van der Waals surface area contributed by atoms with E-state index >= 15 is 0 Å². The van der Waals surface area contributed by atoms with Crippen LogP contribution in [0.1, 0.15) is 0 Å². The number of rotatable bonds is 3.